The van der Waals surface area contributed by atoms with E-state index >= 15 is 0 Å². The van der Waals surface area contributed by atoms with E-state index in [-0.39, 0.29) is 5.82 Å². The van der Waals surface area contributed by atoms with Gasteiger partial charge in [-0.25, -0.2) is 8.91 Å². The molecule has 2 aromatic heterocycles. The minimum absolute atomic E-state index is 0.301. The molecule has 0 unspecified atom stereocenters. The monoisotopic (exact) mass is 268 g/mol. The second-order valence-corrected chi connectivity index (χ2v) is 5.10. The SMILES string of the molecule is Fc1ccc2nc(NC3Cc4ccccc4C3)nn2c1. The molecule has 1 aliphatic carbocycles. The van der Waals surface area contributed by atoms with Crippen LogP contribution < -0.4 is 5.32 Å². The Morgan fingerprint density at radius 1 is 1.10 bits per heavy atom. The first-order valence-corrected chi connectivity index (χ1v) is 6.63. The van der Waals surface area contributed by atoms with E-state index in [2.05, 4.69) is 39.7 Å². The molecule has 1 aromatic carbocycles. The lowest BCUT2D eigenvalue weighted by atomic mass is 10.1. The van der Waals surface area contributed by atoms with Gasteiger partial charge in [0.05, 0.1) is 6.20 Å². The first kappa shape index (κ1) is 11.4. The van der Waals surface area contributed by atoms with Crippen molar-refractivity contribution in [2.75, 3.05) is 5.32 Å². The third-order valence-electron chi connectivity index (χ3n) is 3.68. The highest BCUT2D eigenvalue weighted by atomic mass is 19.1. The summed E-state index contributed by atoms with van der Waals surface area (Å²) in [6.07, 6.45) is 3.27. The molecule has 0 amide bonds. The molecule has 1 N–H and O–H groups in total. The van der Waals surface area contributed by atoms with Crippen LogP contribution in [-0.2, 0) is 12.8 Å². The number of halogens is 1. The number of benzene rings is 1. The normalized spacial score (nSPS) is 14.7. The topological polar surface area (TPSA) is 42.2 Å². The maximum atomic E-state index is 13.1. The molecule has 0 atom stereocenters. The van der Waals surface area contributed by atoms with Crippen molar-refractivity contribution in [1.29, 1.82) is 0 Å². The number of aromatic nitrogens is 3. The fourth-order valence-electron chi connectivity index (χ4n) is 2.76. The number of nitrogens with zero attached hydrogens (tertiary/aromatic N) is 3. The van der Waals surface area contributed by atoms with E-state index in [9.17, 15) is 4.39 Å². The highest BCUT2D eigenvalue weighted by molar-refractivity contribution is 5.45. The van der Waals surface area contributed by atoms with E-state index in [0.717, 1.165) is 12.8 Å². The Morgan fingerprint density at radius 3 is 2.60 bits per heavy atom. The molecule has 5 heteroatoms. The number of hydrogen-bond acceptors (Lipinski definition) is 3. The molecule has 100 valence electrons. The Morgan fingerprint density at radius 2 is 1.85 bits per heavy atom. The Kier molecular flexibility index (Phi) is 2.45. The number of hydrogen-bond donors (Lipinski definition) is 1. The van der Waals surface area contributed by atoms with Gasteiger partial charge in [-0.05, 0) is 36.1 Å². The van der Waals surface area contributed by atoms with Crippen molar-refractivity contribution in [3.05, 3.63) is 59.5 Å². The summed E-state index contributed by atoms with van der Waals surface area (Å²) in [5, 5.41) is 7.59. The molecule has 0 spiro atoms. The van der Waals surface area contributed by atoms with E-state index in [1.165, 1.54) is 27.9 Å². The first-order chi connectivity index (χ1) is 9.78. The lowest BCUT2D eigenvalue weighted by molar-refractivity contribution is 0.614. The van der Waals surface area contributed by atoms with E-state index in [4.69, 9.17) is 0 Å². The first-order valence-electron chi connectivity index (χ1n) is 6.63. The van der Waals surface area contributed by atoms with E-state index < -0.39 is 0 Å². The third-order valence-corrected chi connectivity index (χ3v) is 3.68. The Hall–Kier alpha value is -2.43. The summed E-state index contributed by atoms with van der Waals surface area (Å²) in [5.74, 6) is 0.232. The van der Waals surface area contributed by atoms with Crippen LogP contribution in [0.4, 0.5) is 10.3 Å². The van der Waals surface area contributed by atoms with Gasteiger partial charge in [0, 0.05) is 6.04 Å². The summed E-state index contributed by atoms with van der Waals surface area (Å²) in [6, 6.07) is 11.7. The molecule has 4 nitrogen and oxygen atoms in total. The summed E-state index contributed by atoms with van der Waals surface area (Å²) in [7, 11) is 0. The average molecular weight is 268 g/mol. The van der Waals surface area contributed by atoms with Gasteiger partial charge in [-0.2, -0.15) is 4.98 Å². The number of anilines is 1. The van der Waals surface area contributed by atoms with Crippen molar-refractivity contribution in [3.8, 4) is 0 Å². The summed E-state index contributed by atoms with van der Waals surface area (Å²) in [5.41, 5.74) is 3.39. The molecule has 3 aromatic rings. The van der Waals surface area contributed by atoms with Crippen LogP contribution in [0.3, 0.4) is 0 Å². The molecular weight excluding hydrogens is 255 g/mol. The fourth-order valence-corrected chi connectivity index (χ4v) is 2.76. The molecule has 0 aliphatic heterocycles. The van der Waals surface area contributed by atoms with Crippen LogP contribution in [0.2, 0.25) is 0 Å². The van der Waals surface area contributed by atoms with Crippen LogP contribution in [0, 0.1) is 5.82 Å². The standard InChI is InChI=1S/C15H13FN4/c16-12-5-6-14-18-15(19-20(14)9-12)17-13-7-10-3-1-2-4-11(10)8-13/h1-6,9,13H,7-8H2,(H,17,19). The average Bonchev–Trinajstić information content (AvgIpc) is 3.00. The van der Waals surface area contributed by atoms with Gasteiger partial charge >= 0.3 is 0 Å². The van der Waals surface area contributed by atoms with Gasteiger partial charge in [0.15, 0.2) is 5.65 Å². The highest BCUT2D eigenvalue weighted by Crippen LogP contribution is 2.23. The van der Waals surface area contributed by atoms with Crippen molar-refractivity contribution in [2.24, 2.45) is 0 Å². The van der Waals surface area contributed by atoms with Crippen LogP contribution in [0.1, 0.15) is 11.1 Å². The van der Waals surface area contributed by atoms with Crippen molar-refractivity contribution in [2.45, 2.75) is 18.9 Å². The summed E-state index contributed by atoms with van der Waals surface area (Å²) in [6.45, 7) is 0. The lowest BCUT2D eigenvalue weighted by Gasteiger charge is -2.08. The van der Waals surface area contributed by atoms with E-state index in [0.29, 0.717) is 17.6 Å². The van der Waals surface area contributed by atoms with Gasteiger partial charge in [0.25, 0.3) is 0 Å². The lowest BCUT2D eigenvalue weighted by Crippen LogP contribution is -2.20. The number of nitrogens with one attached hydrogen (secondary N) is 1. The molecule has 4 rings (SSSR count). The summed E-state index contributed by atoms with van der Waals surface area (Å²) in [4.78, 5) is 4.35. The van der Waals surface area contributed by atoms with Crippen LogP contribution in [-0.4, -0.2) is 20.6 Å². The zero-order valence-electron chi connectivity index (χ0n) is 10.8. The van der Waals surface area contributed by atoms with Crippen LogP contribution >= 0.6 is 0 Å². The molecule has 0 fully saturated rings. The van der Waals surface area contributed by atoms with Gasteiger partial charge in [-0.1, -0.05) is 24.3 Å². The smallest absolute Gasteiger partial charge is 0.243 e. The minimum atomic E-state index is -0.317. The number of pyridine rings is 1. The van der Waals surface area contributed by atoms with Gasteiger partial charge in [0.2, 0.25) is 5.95 Å². The second-order valence-electron chi connectivity index (χ2n) is 5.10. The van der Waals surface area contributed by atoms with Crippen LogP contribution in [0.25, 0.3) is 5.65 Å². The fraction of sp³-hybridized carbons (Fsp3) is 0.200. The number of fused-ring (bicyclic) bond motifs is 2. The quantitative estimate of drug-likeness (QED) is 0.776. The van der Waals surface area contributed by atoms with Crippen LogP contribution in [0.15, 0.2) is 42.6 Å². The Balaban J connectivity index is 1.57. The zero-order valence-corrected chi connectivity index (χ0v) is 10.8. The van der Waals surface area contributed by atoms with Gasteiger partial charge in [0.1, 0.15) is 5.82 Å². The van der Waals surface area contributed by atoms with Crippen molar-refractivity contribution < 1.29 is 4.39 Å². The predicted molar refractivity (Wildman–Crippen MR) is 74.2 cm³/mol. The van der Waals surface area contributed by atoms with Crippen LogP contribution in [0.5, 0.6) is 0 Å². The molecule has 0 bridgehead atoms. The summed E-state index contributed by atoms with van der Waals surface area (Å²) >= 11 is 0. The second kappa shape index (κ2) is 4.30. The van der Waals surface area contributed by atoms with Gasteiger partial charge in [-0.15, -0.1) is 5.10 Å². The van der Waals surface area contributed by atoms with Gasteiger partial charge < -0.3 is 5.32 Å². The van der Waals surface area contributed by atoms with Crippen molar-refractivity contribution in [1.82, 2.24) is 14.6 Å². The zero-order chi connectivity index (χ0) is 13.5. The van der Waals surface area contributed by atoms with Crippen molar-refractivity contribution >= 4 is 11.6 Å². The molecule has 20 heavy (non-hydrogen) atoms. The summed E-state index contributed by atoms with van der Waals surface area (Å²) < 4.78 is 14.6. The largest absolute Gasteiger partial charge is 0.350 e. The highest BCUT2D eigenvalue weighted by Gasteiger charge is 2.21. The Bertz CT molecular complexity index is 755. The minimum Gasteiger partial charge on any atom is -0.350 e. The molecule has 0 saturated heterocycles. The molecule has 0 radical (unpaired) electrons. The third kappa shape index (κ3) is 1.91. The molecule has 2 heterocycles. The van der Waals surface area contributed by atoms with Gasteiger partial charge in [-0.3, -0.25) is 0 Å². The number of rotatable bonds is 2. The van der Waals surface area contributed by atoms with E-state index in [1.54, 1.807) is 6.07 Å². The maximum absolute atomic E-state index is 13.1. The van der Waals surface area contributed by atoms with Crippen molar-refractivity contribution in [3.63, 3.8) is 0 Å². The molecular formula is C15H13FN4. The molecule has 1 aliphatic rings. The molecule has 0 saturated carbocycles. The maximum Gasteiger partial charge on any atom is 0.243 e. The predicted octanol–water partition coefficient (Wildman–Crippen LogP) is 2.45. The van der Waals surface area contributed by atoms with E-state index in [1.807, 2.05) is 0 Å². The Labute approximate surface area is 115 Å².